The van der Waals surface area contributed by atoms with Gasteiger partial charge in [-0.15, -0.1) is 5.10 Å². The summed E-state index contributed by atoms with van der Waals surface area (Å²) in [5.41, 5.74) is 4.77. The summed E-state index contributed by atoms with van der Waals surface area (Å²) in [6.07, 6.45) is 0. The van der Waals surface area contributed by atoms with Crippen LogP contribution in [0.3, 0.4) is 0 Å². The quantitative estimate of drug-likeness (QED) is 0.458. The topological polar surface area (TPSA) is 105 Å². The summed E-state index contributed by atoms with van der Waals surface area (Å²) in [5, 5.41) is 8.49. The molecular weight excluding hydrogens is 180 g/mol. The molecule has 4 N–H and O–H groups in total. The fourth-order valence-corrected chi connectivity index (χ4v) is 0.992. The zero-order valence-corrected chi connectivity index (χ0v) is 6.55. The van der Waals surface area contributed by atoms with E-state index in [0.29, 0.717) is 0 Å². The maximum absolute atomic E-state index is 11.2. The van der Waals surface area contributed by atoms with Crippen molar-refractivity contribution < 1.29 is 0 Å². The molecular formula is C4H4N6OS. The predicted molar refractivity (Wildman–Crippen MR) is 43.2 cm³/mol. The van der Waals surface area contributed by atoms with E-state index in [1.165, 1.54) is 0 Å². The highest BCUT2D eigenvalue weighted by molar-refractivity contribution is 7.71. The molecule has 0 saturated carbocycles. The van der Waals surface area contributed by atoms with E-state index in [0.717, 1.165) is 4.52 Å². The first-order chi connectivity index (χ1) is 5.68. The molecule has 0 aliphatic heterocycles. The zero-order chi connectivity index (χ0) is 8.72. The summed E-state index contributed by atoms with van der Waals surface area (Å²) in [4.78, 5) is 14.9. The second-order valence-electron chi connectivity index (χ2n) is 2.10. The monoisotopic (exact) mass is 184 g/mol. The second kappa shape index (κ2) is 2.14. The van der Waals surface area contributed by atoms with Gasteiger partial charge in [-0.2, -0.15) is 9.50 Å². The van der Waals surface area contributed by atoms with Crippen molar-refractivity contribution in [1.82, 2.24) is 24.8 Å². The van der Waals surface area contributed by atoms with Crippen LogP contribution in [0.4, 0.5) is 5.82 Å². The average Bonchev–Trinajstić information content (AvgIpc) is 2.39. The van der Waals surface area contributed by atoms with E-state index in [4.69, 9.17) is 18.0 Å². The molecule has 0 spiro atoms. The fourth-order valence-electron chi connectivity index (χ4n) is 0.814. The average molecular weight is 184 g/mol. The van der Waals surface area contributed by atoms with Crippen LogP contribution in [0.1, 0.15) is 0 Å². The first-order valence-electron chi connectivity index (χ1n) is 3.01. The van der Waals surface area contributed by atoms with Gasteiger partial charge in [0, 0.05) is 0 Å². The molecule has 0 amide bonds. The minimum atomic E-state index is -0.465. The summed E-state index contributed by atoms with van der Waals surface area (Å²) in [6, 6.07) is 0. The molecule has 0 fully saturated rings. The number of H-pyrrole nitrogens is 2. The highest BCUT2D eigenvalue weighted by atomic mass is 32.1. The molecule has 8 heteroatoms. The predicted octanol–water partition coefficient (Wildman–Crippen LogP) is -0.943. The summed E-state index contributed by atoms with van der Waals surface area (Å²) in [6.45, 7) is 0. The largest absolute Gasteiger partial charge is 0.378 e. The molecule has 12 heavy (non-hydrogen) atoms. The molecule has 0 bridgehead atoms. The highest BCUT2D eigenvalue weighted by Gasteiger charge is 2.02. The van der Waals surface area contributed by atoms with Gasteiger partial charge in [0.2, 0.25) is 16.4 Å². The molecule has 2 rings (SSSR count). The minimum absolute atomic E-state index is 0.133. The van der Waals surface area contributed by atoms with Crippen molar-refractivity contribution in [2.24, 2.45) is 0 Å². The Morgan fingerprint density at radius 1 is 1.58 bits per heavy atom. The standard InChI is InChI=1S/C4H4N6OS/c5-1-2(11)10-3(8-7-1)6-4(12)9-10/h(H2,5,7)(H2,6,8,9,12). The highest BCUT2D eigenvalue weighted by Crippen LogP contribution is 1.89. The van der Waals surface area contributed by atoms with Crippen LogP contribution < -0.4 is 11.3 Å². The van der Waals surface area contributed by atoms with Crippen LogP contribution in [0.2, 0.25) is 0 Å². The molecule has 2 aromatic heterocycles. The number of aromatic amines is 2. The van der Waals surface area contributed by atoms with Crippen LogP contribution >= 0.6 is 12.2 Å². The number of fused-ring (bicyclic) bond motifs is 1. The number of rotatable bonds is 0. The van der Waals surface area contributed by atoms with Gasteiger partial charge in [0.1, 0.15) is 0 Å². The molecule has 0 aliphatic rings. The van der Waals surface area contributed by atoms with Crippen LogP contribution in [0.5, 0.6) is 0 Å². The van der Waals surface area contributed by atoms with Crippen molar-refractivity contribution in [2.45, 2.75) is 0 Å². The third-order valence-corrected chi connectivity index (χ3v) is 1.51. The van der Waals surface area contributed by atoms with E-state index in [1.54, 1.807) is 0 Å². The second-order valence-corrected chi connectivity index (χ2v) is 2.49. The number of hydrogen-bond donors (Lipinski definition) is 3. The molecule has 7 nitrogen and oxygen atoms in total. The summed E-state index contributed by atoms with van der Waals surface area (Å²) in [7, 11) is 0. The van der Waals surface area contributed by atoms with E-state index in [-0.39, 0.29) is 16.4 Å². The first kappa shape index (κ1) is 6.98. The number of aromatic nitrogens is 5. The van der Waals surface area contributed by atoms with Crippen LogP contribution in [0.25, 0.3) is 5.78 Å². The Bertz CT molecular complexity index is 534. The SMILES string of the molecule is Nc1n[nH]c2nc(=S)[nH]n2c1=O. The third-order valence-electron chi connectivity index (χ3n) is 1.33. The summed E-state index contributed by atoms with van der Waals surface area (Å²) in [5.74, 6) is 0.116. The number of anilines is 1. The van der Waals surface area contributed by atoms with Gasteiger partial charge in [0.25, 0.3) is 0 Å². The van der Waals surface area contributed by atoms with Gasteiger partial charge in [-0.3, -0.25) is 9.89 Å². The van der Waals surface area contributed by atoms with E-state index >= 15 is 0 Å². The first-order valence-corrected chi connectivity index (χ1v) is 3.42. The number of nitrogen functional groups attached to an aromatic ring is 1. The molecule has 0 saturated heterocycles. The van der Waals surface area contributed by atoms with Gasteiger partial charge in [-0.1, -0.05) is 0 Å². The van der Waals surface area contributed by atoms with Gasteiger partial charge < -0.3 is 5.73 Å². The van der Waals surface area contributed by atoms with Crippen molar-refractivity contribution in [1.29, 1.82) is 0 Å². The van der Waals surface area contributed by atoms with Gasteiger partial charge in [-0.05, 0) is 12.2 Å². The van der Waals surface area contributed by atoms with Crippen molar-refractivity contribution in [3.05, 3.63) is 15.1 Å². The normalized spacial score (nSPS) is 10.7. The fraction of sp³-hybridized carbons (Fsp3) is 0. The Labute approximate surface area is 70.2 Å². The Morgan fingerprint density at radius 2 is 2.33 bits per heavy atom. The maximum atomic E-state index is 11.2. The molecule has 0 aromatic carbocycles. The summed E-state index contributed by atoms with van der Waals surface area (Å²) >= 11 is 4.70. The number of nitrogens with one attached hydrogen (secondary N) is 2. The lowest BCUT2D eigenvalue weighted by molar-refractivity contribution is 0.855. The lowest BCUT2D eigenvalue weighted by Gasteiger charge is -1.91. The summed E-state index contributed by atoms with van der Waals surface area (Å²) < 4.78 is 1.31. The van der Waals surface area contributed by atoms with Gasteiger partial charge in [0.05, 0.1) is 0 Å². The molecule has 0 unspecified atom stereocenters. The van der Waals surface area contributed by atoms with Crippen LogP contribution in [-0.4, -0.2) is 24.8 Å². The lowest BCUT2D eigenvalue weighted by Crippen LogP contribution is -2.20. The third kappa shape index (κ3) is 0.815. The maximum Gasteiger partial charge on any atom is 0.316 e. The van der Waals surface area contributed by atoms with Crippen LogP contribution in [0, 0.1) is 4.77 Å². The van der Waals surface area contributed by atoms with E-state index in [1.807, 2.05) is 0 Å². The van der Waals surface area contributed by atoms with Crippen LogP contribution in [-0.2, 0) is 0 Å². The number of hydrogen-bond acceptors (Lipinski definition) is 5. The van der Waals surface area contributed by atoms with Gasteiger partial charge >= 0.3 is 5.56 Å². The molecule has 62 valence electrons. The minimum Gasteiger partial charge on any atom is -0.378 e. The molecule has 0 aliphatic carbocycles. The van der Waals surface area contributed by atoms with Crippen molar-refractivity contribution in [3.63, 3.8) is 0 Å². The lowest BCUT2D eigenvalue weighted by atomic mass is 10.7. The smallest absolute Gasteiger partial charge is 0.316 e. The number of nitrogens with zero attached hydrogens (tertiary/aromatic N) is 3. The Hall–Kier alpha value is -1.70. The molecule has 2 aromatic rings. The Balaban J connectivity index is 3.10. The Morgan fingerprint density at radius 3 is 3.08 bits per heavy atom. The molecule has 0 radical (unpaired) electrons. The molecule has 2 heterocycles. The Kier molecular flexibility index (Phi) is 1.24. The van der Waals surface area contributed by atoms with E-state index in [2.05, 4.69) is 20.3 Å². The zero-order valence-electron chi connectivity index (χ0n) is 5.74. The van der Waals surface area contributed by atoms with Crippen molar-refractivity contribution >= 4 is 23.8 Å². The van der Waals surface area contributed by atoms with E-state index < -0.39 is 5.56 Å². The van der Waals surface area contributed by atoms with Crippen molar-refractivity contribution in [3.8, 4) is 0 Å². The molecule has 0 atom stereocenters. The number of nitrogens with two attached hydrogens (primary N) is 1. The van der Waals surface area contributed by atoms with Crippen molar-refractivity contribution in [2.75, 3.05) is 5.73 Å². The van der Waals surface area contributed by atoms with Gasteiger partial charge in [-0.25, -0.2) is 5.10 Å². The van der Waals surface area contributed by atoms with Crippen LogP contribution in [0.15, 0.2) is 4.79 Å². The van der Waals surface area contributed by atoms with E-state index in [9.17, 15) is 4.79 Å². The van der Waals surface area contributed by atoms with Gasteiger partial charge in [0.15, 0.2) is 0 Å².